The lowest BCUT2D eigenvalue weighted by Gasteiger charge is -2.23. The van der Waals surface area contributed by atoms with Gasteiger partial charge in [0.1, 0.15) is 5.75 Å². The van der Waals surface area contributed by atoms with Crippen LogP contribution in [0.4, 0.5) is 11.4 Å². The number of nitro benzene ring substituents is 1. The monoisotopic (exact) mass is 405 g/mol. The van der Waals surface area contributed by atoms with Crippen LogP contribution >= 0.6 is 0 Å². The van der Waals surface area contributed by atoms with E-state index in [9.17, 15) is 24.5 Å². The normalized spacial score (nSPS) is 19.3. The average Bonchev–Trinajstić information content (AvgIpc) is 3.35. The van der Waals surface area contributed by atoms with Crippen LogP contribution in [-0.4, -0.2) is 53.9 Å². The molecule has 0 radical (unpaired) electrons. The van der Waals surface area contributed by atoms with Crippen LogP contribution < -0.4 is 10.1 Å². The van der Waals surface area contributed by atoms with E-state index in [-0.39, 0.29) is 35.5 Å². The summed E-state index contributed by atoms with van der Waals surface area (Å²) in [5, 5.41) is 13.3. The molecule has 1 heterocycles. The summed E-state index contributed by atoms with van der Waals surface area (Å²) < 4.78 is 10.1. The lowest BCUT2D eigenvalue weighted by atomic mass is 10.1. The van der Waals surface area contributed by atoms with Gasteiger partial charge in [-0.15, -0.1) is 0 Å². The Morgan fingerprint density at radius 1 is 1.31 bits per heavy atom. The van der Waals surface area contributed by atoms with Gasteiger partial charge < -0.3 is 19.7 Å². The molecule has 2 amide bonds. The second-order valence-corrected chi connectivity index (χ2v) is 7.18. The maximum atomic E-state index is 12.3. The first-order valence-electron chi connectivity index (χ1n) is 9.47. The predicted octanol–water partition coefficient (Wildman–Crippen LogP) is 1.88. The number of nitro groups is 1. The van der Waals surface area contributed by atoms with Crippen molar-refractivity contribution < 1.29 is 28.8 Å². The highest BCUT2D eigenvalue weighted by Crippen LogP contribution is 2.30. The number of nitrogens with zero attached hydrogens (tertiary/aromatic N) is 2. The van der Waals surface area contributed by atoms with Gasteiger partial charge in [0.05, 0.1) is 23.6 Å². The number of esters is 1. The summed E-state index contributed by atoms with van der Waals surface area (Å²) in [6, 6.07) is 3.97. The summed E-state index contributed by atoms with van der Waals surface area (Å²) in [5.41, 5.74) is -0.110. The quantitative estimate of drug-likeness (QED) is 0.417. The van der Waals surface area contributed by atoms with Crippen molar-refractivity contribution in [3.05, 3.63) is 28.3 Å². The van der Waals surface area contributed by atoms with Crippen molar-refractivity contribution in [2.45, 2.75) is 38.1 Å². The molecule has 0 spiro atoms. The minimum Gasteiger partial charge on any atom is -0.495 e. The van der Waals surface area contributed by atoms with Crippen LogP contribution in [0.25, 0.3) is 0 Å². The Hall–Kier alpha value is -3.17. The van der Waals surface area contributed by atoms with E-state index in [1.54, 1.807) is 4.90 Å². The van der Waals surface area contributed by atoms with Gasteiger partial charge in [0.25, 0.3) is 11.6 Å². The summed E-state index contributed by atoms with van der Waals surface area (Å²) >= 11 is 0. The number of amides is 2. The van der Waals surface area contributed by atoms with Crippen LogP contribution in [0, 0.1) is 16.0 Å². The fraction of sp³-hybridized carbons (Fsp3) is 0.526. The molecular formula is C19H23N3O7. The third-order valence-corrected chi connectivity index (χ3v) is 5.27. The molecule has 1 aromatic rings. The maximum absolute atomic E-state index is 12.3. The Bertz CT molecular complexity index is 820. The Morgan fingerprint density at radius 2 is 2.03 bits per heavy atom. The van der Waals surface area contributed by atoms with Crippen molar-refractivity contribution in [1.82, 2.24) is 4.90 Å². The summed E-state index contributed by atoms with van der Waals surface area (Å²) in [6.07, 6.45) is 4.19. The topological polar surface area (TPSA) is 128 Å². The average molecular weight is 405 g/mol. The van der Waals surface area contributed by atoms with Crippen LogP contribution in [-0.2, 0) is 19.1 Å². The van der Waals surface area contributed by atoms with Crippen molar-refractivity contribution in [2.24, 2.45) is 5.92 Å². The highest BCUT2D eigenvalue weighted by atomic mass is 16.6. The van der Waals surface area contributed by atoms with E-state index in [4.69, 9.17) is 9.47 Å². The van der Waals surface area contributed by atoms with Crippen molar-refractivity contribution in [2.75, 3.05) is 25.6 Å². The number of hydrogen-bond acceptors (Lipinski definition) is 7. The second kappa shape index (κ2) is 8.89. The highest BCUT2D eigenvalue weighted by Gasteiger charge is 2.39. The second-order valence-electron chi connectivity index (χ2n) is 7.18. The molecule has 1 aromatic carbocycles. The number of benzene rings is 1. The molecule has 0 bridgehead atoms. The molecule has 0 aromatic heterocycles. The van der Waals surface area contributed by atoms with Gasteiger partial charge in [-0.3, -0.25) is 24.5 Å². The molecule has 10 heteroatoms. The number of likely N-dealkylation sites (tertiary alicyclic amines) is 1. The van der Waals surface area contributed by atoms with E-state index in [2.05, 4.69) is 5.32 Å². The van der Waals surface area contributed by atoms with Crippen molar-refractivity contribution in [3.8, 4) is 5.75 Å². The fourth-order valence-electron chi connectivity index (χ4n) is 3.81. The smallest absolute Gasteiger partial charge is 0.311 e. The number of anilines is 1. The van der Waals surface area contributed by atoms with Gasteiger partial charge in [-0.2, -0.15) is 0 Å². The molecular weight excluding hydrogens is 382 g/mol. The van der Waals surface area contributed by atoms with Crippen molar-refractivity contribution >= 4 is 29.2 Å². The zero-order valence-electron chi connectivity index (χ0n) is 16.1. The Balaban J connectivity index is 1.53. The zero-order chi connectivity index (χ0) is 21.0. The first-order chi connectivity index (χ1) is 13.9. The number of ether oxygens (including phenoxy) is 2. The number of carbonyl (C=O) groups is 3. The van der Waals surface area contributed by atoms with E-state index >= 15 is 0 Å². The van der Waals surface area contributed by atoms with Gasteiger partial charge in [0.15, 0.2) is 6.61 Å². The summed E-state index contributed by atoms with van der Waals surface area (Å²) in [5.74, 6) is -1.65. The minimum atomic E-state index is -0.658. The van der Waals surface area contributed by atoms with E-state index in [0.29, 0.717) is 6.54 Å². The first-order valence-corrected chi connectivity index (χ1v) is 9.47. The van der Waals surface area contributed by atoms with Gasteiger partial charge in [-0.05, 0) is 18.9 Å². The number of carbonyl (C=O) groups excluding carboxylic acids is 3. The van der Waals surface area contributed by atoms with Gasteiger partial charge in [0.2, 0.25) is 5.91 Å². The molecule has 1 aliphatic heterocycles. The maximum Gasteiger partial charge on any atom is 0.311 e. The van der Waals surface area contributed by atoms with E-state index in [1.807, 2.05) is 0 Å². The van der Waals surface area contributed by atoms with Crippen LogP contribution in [0.1, 0.15) is 32.1 Å². The van der Waals surface area contributed by atoms with Crippen LogP contribution in [0.5, 0.6) is 5.75 Å². The highest BCUT2D eigenvalue weighted by molar-refractivity contribution is 5.95. The van der Waals surface area contributed by atoms with E-state index in [1.165, 1.54) is 19.2 Å². The molecule has 1 aliphatic carbocycles. The molecule has 1 saturated heterocycles. The third kappa shape index (κ3) is 4.82. The predicted molar refractivity (Wildman–Crippen MR) is 101 cm³/mol. The fourth-order valence-corrected chi connectivity index (χ4v) is 3.81. The SMILES string of the molecule is COc1ccc([N+](=O)[O-])cc1NC(=O)COC(=O)[C@@H]1CC(=O)N(C2CCCC2)C1. The molecule has 29 heavy (non-hydrogen) atoms. The molecule has 1 atom stereocenters. The van der Waals surface area contributed by atoms with Crippen LogP contribution in [0.2, 0.25) is 0 Å². The number of rotatable bonds is 7. The van der Waals surface area contributed by atoms with Gasteiger partial charge in [-0.25, -0.2) is 0 Å². The van der Waals surface area contributed by atoms with Crippen molar-refractivity contribution in [3.63, 3.8) is 0 Å². The van der Waals surface area contributed by atoms with E-state index < -0.39 is 29.3 Å². The molecule has 3 rings (SSSR count). The Morgan fingerprint density at radius 3 is 2.69 bits per heavy atom. The van der Waals surface area contributed by atoms with Crippen LogP contribution in [0.15, 0.2) is 18.2 Å². The summed E-state index contributed by atoms with van der Waals surface area (Å²) in [7, 11) is 1.37. The van der Waals surface area contributed by atoms with Gasteiger partial charge in [-0.1, -0.05) is 12.8 Å². The summed E-state index contributed by atoms with van der Waals surface area (Å²) in [4.78, 5) is 48.7. The third-order valence-electron chi connectivity index (χ3n) is 5.27. The molecule has 1 saturated carbocycles. The van der Waals surface area contributed by atoms with Crippen LogP contribution in [0.3, 0.4) is 0 Å². The molecule has 2 aliphatic rings. The molecule has 2 fully saturated rings. The van der Waals surface area contributed by atoms with Crippen molar-refractivity contribution in [1.29, 1.82) is 0 Å². The number of nitrogens with one attached hydrogen (secondary N) is 1. The lowest BCUT2D eigenvalue weighted by molar-refractivity contribution is -0.384. The molecule has 0 unspecified atom stereocenters. The number of non-ortho nitro benzene ring substituents is 1. The number of methoxy groups -OCH3 is 1. The Labute approximate surface area is 167 Å². The Kier molecular flexibility index (Phi) is 6.30. The summed E-state index contributed by atoms with van der Waals surface area (Å²) in [6.45, 7) is -0.235. The lowest BCUT2D eigenvalue weighted by Crippen LogP contribution is -2.35. The largest absolute Gasteiger partial charge is 0.495 e. The molecule has 156 valence electrons. The number of hydrogen-bond donors (Lipinski definition) is 1. The standard InChI is InChI=1S/C19H23N3O7/c1-28-16-7-6-14(22(26)27)9-15(16)20-17(23)11-29-19(25)12-8-18(24)21(10-12)13-4-2-3-5-13/h6-7,9,12-13H,2-5,8,10-11H2,1H3,(H,20,23)/t12-/m1/s1. The van der Waals surface area contributed by atoms with Gasteiger partial charge in [0, 0.05) is 31.1 Å². The van der Waals surface area contributed by atoms with E-state index in [0.717, 1.165) is 31.7 Å². The minimum absolute atomic E-state index is 0.0513. The first kappa shape index (κ1) is 20.6. The zero-order valence-corrected chi connectivity index (χ0v) is 16.1. The molecule has 1 N–H and O–H groups in total. The van der Waals surface area contributed by atoms with Gasteiger partial charge >= 0.3 is 5.97 Å². The molecule has 10 nitrogen and oxygen atoms in total.